The van der Waals surface area contributed by atoms with Gasteiger partial charge in [-0.25, -0.2) is 0 Å². The van der Waals surface area contributed by atoms with E-state index in [2.05, 4.69) is 0 Å². The van der Waals surface area contributed by atoms with E-state index in [4.69, 9.17) is 13.9 Å². The lowest BCUT2D eigenvalue weighted by Gasteiger charge is -2.02. The summed E-state index contributed by atoms with van der Waals surface area (Å²) < 4.78 is 17.1. The number of furan rings is 1. The summed E-state index contributed by atoms with van der Waals surface area (Å²) in [4.78, 5) is 24.8. The molecule has 0 spiro atoms. The number of carbonyl (C=O) groups excluding carboxylic acids is 2. The molecule has 0 unspecified atom stereocenters. The van der Waals surface area contributed by atoms with Crippen LogP contribution in [0, 0.1) is 13.8 Å². The van der Waals surface area contributed by atoms with Gasteiger partial charge in [-0.2, -0.15) is 0 Å². The number of hydrogen-bond acceptors (Lipinski definition) is 6. The number of hydrogen-bond donors (Lipinski definition) is 0. The summed E-state index contributed by atoms with van der Waals surface area (Å²) in [5, 5.41) is 1.96. The number of aryl methyl sites for hydroxylation is 2. The number of esters is 1. The summed E-state index contributed by atoms with van der Waals surface area (Å²) in [5.74, 6) is 1.06. The van der Waals surface area contributed by atoms with Crippen molar-refractivity contribution in [2.45, 2.75) is 33.6 Å². The number of Topliss-reactive ketones (excluding diaryl/α,β-unsaturated/α-hetero) is 1. The molecule has 132 valence electrons. The minimum absolute atomic E-state index is 0.0425. The Morgan fingerprint density at radius 1 is 1.20 bits per heavy atom. The van der Waals surface area contributed by atoms with Gasteiger partial charge in [-0.3, -0.25) is 9.59 Å². The molecule has 5 nitrogen and oxygen atoms in total. The van der Waals surface area contributed by atoms with Crippen LogP contribution in [0.4, 0.5) is 0 Å². The average molecular weight is 360 g/mol. The summed E-state index contributed by atoms with van der Waals surface area (Å²) in [7, 11) is 1.60. The zero-order valence-electron chi connectivity index (χ0n) is 14.7. The van der Waals surface area contributed by atoms with Gasteiger partial charge in [-0.15, -0.1) is 11.3 Å². The van der Waals surface area contributed by atoms with Crippen LogP contribution in [0.15, 0.2) is 16.5 Å². The molecule has 3 aromatic rings. The normalized spacial score (nSPS) is 11.2. The Balaban J connectivity index is 2.03. The molecule has 25 heavy (non-hydrogen) atoms. The van der Waals surface area contributed by atoms with Gasteiger partial charge in [-0.05, 0) is 32.4 Å². The molecule has 0 N–H and O–H groups in total. The highest BCUT2D eigenvalue weighted by Gasteiger charge is 2.21. The Hall–Kier alpha value is -2.34. The van der Waals surface area contributed by atoms with Crippen LogP contribution in [0.2, 0.25) is 0 Å². The van der Waals surface area contributed by atoms with Crippen LogP contribution in [0.1, 0.15) is 40.8 Å². The number of methoxy groups -OCH3 is 1. The number of rotatable bonds is 6. The maximum atomic E-state index is 12.6. The van der Waals surface area contributed by atoms with Gasteiger partial charge in [0, 0.05) is 28.0 Å². The van der Waals surface area contributed by atoms with Gasteiger partial charge in [0.05, 0.1) is 25.0 Å². The molecule has 0 fully saturated rings. The van der Waals surface area contributed by atoms with Crippen molar-refractivity contribution < 1.29 is 23.5 Å². The molecule has 0 aliphatic rings. The highest BCUT2D eigenvalue weighted by Crippen LogP contribution is 2.42. The molecule has 0 saturated heterocycles. The van der Waals surface area contributed by atoms with Crippen LogP contribution in [0.3, 0.4) is 0 Å². The van der Waals surface area contributed by atoms with Crippen molar-refractivity contribution in [3.8, 4) is 5.75 Å². The van der Waals surface area contributed by atoms with Crippen LogP contribution >= 0.6 is 11.3 Å². The van der Waals surface area contributed by atoms with Crippen molar-refractivity contribution in [1.29, 1.82) is 0 Å². The monoisotopic (exact) mass is 360 g/mol. The van der Waals surface area contributed by atoms with E-state index in [9.17, 15) is 9.59 Å². The van der Waals surface area contributed by atoms with Crippen molar-refractivity contribution >= 4 is 44.1 Å². The van der Waals surface area contributed by atoms with Crippen molar-refractivity contribution in [3.63, 3.8) is 0 Å². The van der Waals surface area contributed by atoms with E-state index in [0.29, 0.717) is 22.8 Å². The molecule has 0 aliphatic carbocycles. The maximum Gasteiger partial charge on any atom is 0.306 e. The fraction of sp³-hybridized carbons (Fsp3) is 0.368. The maximum absolute atomic E-state index is 12.6. The lowest BCUT2D eigenvalue weighted by Crippen LogP contribution is -2.07. The number of benzene rings is 1. The topological polar surface area (TPSA) is 65.7 Å². The second-order valence-electron chi connectivity index (χ2n) is 5.84. The first-order valence-electron chi connectivity index (χ1n) is 8.15. The largest absolute Gasteiger partial charge is 0.493 e. The highest BCUT2D eigenvalue weighted by molar-refractivity contribution is 7.21. The molecule has 0 radical (unpaired) electrons. The summed E-state index contributed by atoms with van der Waals surface area (Å²) in [6, 6.07) is 3.87. The second kappa shape index (κ2) is 6.88. The molecule has 0 atom stereocenters. The Bertz CT molecular complexity index is 963. The number of carbonyl (C=O) groups is 2. The molecule has 2 aromatic heterocycles. The summed E-state index contributed by atoms with van der Waals surface area (Å²) in [5.41, 5.74) is 1.61. The van der Waals surface area contributed by atoms with E-state index < -0.39 is 0 Å². The Morgan fingerprint density at radius 2 is 1.96 bits per heavy atom. The first kappa shape index (κ1) is 17.5. The SMILES string of the molecule is CCOC(=O)CCC(=O)c1sc2cc(OC)c3oc(C)cc3c2c1C. The molecule has 0 amide bonds. The van der Waals surface area contributed by atoms with E-state index in [1.807, 2.05) is 26.0 Å². The van der Waals surface area contributed by atoms with E-state index in [1.165, 1.54) is 11.3 Å². The van der Waals surface area contributed by atoms with Crippen LogP contribution in [-0.4, -0.2) is 25.5 Å². The Morgan fingerprint density at radius 3 is 2.64 bits per heavy atom. The van der Waals surface area contributed by atoms with Crippen molar-refractivity contribution in [3.05, 3.63) is 28.3 Å². The number of ketones is 1. The quantitative estimate of drug-likeness (QED) is 0.467. The van der Waals surface area contributed by atoms with Crippen molar-refractivity contribution in [2.24, 2.45) is 0 Å². The Kier molecular flexibility index (Phi) is 4.81. The third-order valence-corrected chi connectivity index (χ3v) is 5.40. The number of thiophene rings is 1. The predicted molar refractivity (Wildman–Crippen MR) is 97.8 cm³/mol. The first-order chi connectivity index (χ1) is 12.0. The molecule has 0 bridgehead atoms. The van der Waals surface area contributed by atoms with E-state index in [0.717, 1.165) is 26.8 Å². The van der Waals surface area contributed by atoms with E-state index in [-0.39, 0.29) is 24.6 Å². The molecule has 0 aliphatic heterocycles. The minimum Gasteiger partial charge on any atom is -0.493 e. The summed E-state index contributed by atoms with van der Waals surface area (Å²) in [6.45, 7) is 5.90. The zero-order chi connectivity index (χ0) is 18.1. The van der Waals surface area contributed by atoms with Crippen LogP contribution in [-0.2, 0) is 9.53 Å². The molecular weight excluding hydrogens is 340 g/mol. The predicted octanol–water partition coefficient (Wildman–Crippen LogP) is 4.80. The third kappa shape index (κ3) is 3.14. The van der Waals surface area contributed by atoms with Gasteiger partial charge in [-0.1, -0.05) is 0 Å². The van der Waals surface area contributed by atoms with Crippen LogP contribution in [0.25, 0.3) is 21.1 Å². The fourth-order valence-electron chi connectivity index (χ4n) is 3.02. The molecular formula is C19H20O5S. The van der Waals surface area contributed by atoms with Crippen molar-refractivity contribution in [2.75, 3.05) is 13.7 Å². The summed E-state index contributed by atoms with van der Waals surface area (Å²) >= 11 is 1.43. The molecule has 6 heteroatoms. The van der Waals surface area contributed by atoms with Gasteiger partial charge in [0.15, 0.2) is 17.1 Å². The van der Waals surface area contributed by atoms with Gasteiger partial charge in [0.25, 0.3) is 0 Å². The lowest BCUT2D eigenvalue weighted by atomic mass is 10.0. The Labute approximate surface area is 149 Å². The number of fused-ring (bicyclic) bond motifs is 3. The number of ether oxygens (including phenoxy) is 2. The average Bonchev–Trinajstić information content (AvgIpc) is 3.11. The van der Waals surface area contributed by atoms with Gasteiger partial charge < -0.3 is 13.9 Å². The zero-order valence-corrected chi connectivity index (χ0v) is 15.5. The smallest absolute Gasteiger partial charge is 0.306 e. The van der Waals surface area contributed by atoms with E-state index in [1.54, 1.807) is 14.0 Å². The van der Waals surface area contributed by atoms with Gasteiger partial charge in [0.2, 0.25) is 0 Å². The second-order valence-corrected chi connectivity index (χ2v) is 6.89. The van der Waals surface area contributed by atoms with Crippen molar-refractivity contribution in [1.82, 2.24) is 0 Å². The molecule has 0 saturated carbocycles. The minimum atomic E-state index is -0.343. The molecule has 2 heterocycles. The standard InChI is InChI=1S/C19H20O5S/c1-5-23-16(21)7-6-13(20)19-11(3)17-12-8-10(2)24-18(12)14(22-4)9-15(17)25-19/h8-9H,5-7H2,1-4H3. The highest BCUT2D eigenvalue weighted by atomic mass is 32.1. The van der Waals surface area contributed by atoms with Crippen LogP contribution < -0.4 is 4.74 Å². The lowest BCUT2D eigenvalue weighted by molar-refractivity contribution is -0.143. The first-order valence-corrected chi connectivity index (χ1v) is 8.97. The molecule has 3 rings (SSSR count). The van der Waals surface area contributed by atoms with Crippen LogP contribution in [0.5, 0.6) is 5.75 Å². The third-order valence-electron chi connectivity index (χ3n) is 4.12. The van der Waals surface area contributed by atoms with Gasteiger partial charge in [0.1, 0.15) is 5.76 Å². The fourth-order valence-corrected chi connectivity index (χ4v) is 4.24. The summed E-state index contributed by atoms with van der Waals surface area (Å²) in [6.07, 6.45) is 0.251. The van der Waals surface area contributed by atoms with Gasteiger partial charge >= 0.3 is 5.97 Å². The molecule has 1 aromatic carbocycles. The van der Waals surface area contributed by atoms with E-state index >= 15 is 0 Å².